The molecule has 19 heavy (non-hydrogen) atoms. The molecular weight excluding hydrogens is 302 g/mol. The number of benzene rings is 1. The maximum atomic E-state index is 6.13. The van der Waals surface area contributed by atoms with Gasteiger partial charge in [-0.15, -0.1) is 0 Å². The Balaban J connectivity index is 1.99. The molecule has 2 aromatic rings. The second-order valence-electron chi connectivity index (χ2n) is 5.19. The molecule has 0 radical (unpaired) electrons. The lowest BCUT2D eigenvalue weighted by molar-refractivity contribution is 0.425. The van der Waals surface area contributed by atoms with Gasteiger partial charge in [0.2, 0.25) is 0 Å². The van der Waals surface area contributed by atoms with Crippen molar-refractivity contribution in [2.75, 3.05) is 5.73 Å². The summed E-state index contributed by atoms with van der Waals surface area (Å²) < 4.78 is 3.16. The Morgan fingerprint density at radius 1 is 1.21 bits per heavy atom. The number of nitrogens with zero attached hydrogens (tertiary/aromatic N) is 2. The van der Waals surface area contributed by atoms with Gasteiger partial charge in [-0.2, -0.15) is 0 Å². The van der Waals surface area contributed by atoms with Crippen LogP contribution in [-0.2, 0) is 0 Å². The van der Waals surface area contributed by atoms with E-state index in [4.69, 9.17) is 5.73 Å². The van der Waals surface area contributed by atoms with Gasteiger partial charge in [0, 0.05) is 22.8 Å². The van der Waals surface area contributed by atoms with Crippen molar-refractivity contribution in [3.05, 3.63) is 40.9 Å². The average molecular weight is 320 g/mol. The Kier molecular flexibility index (Phi) is 3.60. The van der Waals surface area contributed by atoms with E-state index in [9.17, 15) is 0 Å². The van der Waals surface area contributed by atoms with Gasteiger partial charge in [0.25, 0.3) is 0 Å². The second kappa shape index (κ2) is 5.37. The highest BCUT2D eigenvalue weighted by molar-refractivity contribution is 9.10. The molecule has 3 rings (SSSR count). The molecule has 0 saturated heterocycles. The summed E-state index contributed by atoms with van der Waals surface area (Å²) in [5, 5.41) is 0. The summed E-state index contributed by atoms with van der Waals surface area (Å²) >= 11 is 3.45. The molecule has 1 saturated carbocycles. The minimum atomic E-state index is 0.576. The number of anilines is 1. The predicted octanol–water partition coefficient (Wildman–Crippen LogP) is 4.26. The number of aromatic nitrogens is 2. The van der Waals surface area contributed by atoms with Gasteiger partial charge in [0.15, 0.2) is 0 Å². The van der Waals surface area contributed by atoms with Crippen LogP contribution in [0.25, 0.3) is 5.69 Å². The third-order valence-electron chi connectivity index (χ3n) is 3.89. The standard InChI is InChI=1S/C15H18BrN3/c16-12-6-7-14(13(17)10-12)19-9-8-18-15(19)11-4-2-1-3-5-11/h6-11H,1-5,17H2. The van der Waals surface area contributed by atoms with Crippen LogP contribution < -0.4 is 5.73 Å². The zero-order chi connectivity index (χ0) is 13.2. The number of hydrogen-bond acceptors (Lipinski definition) is 2. The molecule has 0 unspecified atom stereocenters. The number of rotatable bonds is 2. The zero-order valence-corrected chi connectivity index (χ0v) is 12.4. The lowest BCUT2D eigenvalue weighted by Crippen LogP contribution is -2.12. The average Bonchev–Trinajstić information content (AvgIpc) is 2.89. The smallest absolute Gasteiger partial charge is 0.116 e. The molecule has 1 aliphatic carbocycles. The fraction of sp³-hybridized carbons (Fsp3) is 0.400. The first-order valence-corrected chi connectivity index (χ1v) is 7.63. The maximum absolute atomic E-state index is 6.13. The molecule has 100 valence electrons. The molecule has 0 amide bonds. The van der Waals surface area contributed by atoms with Gasteiger partial charge in [0.05, 0.1) is 11.4 Å². The third-order valence-corrected chi connectivity index (χ3v) is 4.38. The largest absolute Gasteiger partial charge is 0.397 e. The van der Waals surface area contributed by atoms with Crippen molar-refractivity contribution in [2.45, 2.75) is 38.0 Å². The normalized spacial score (nSPS) is 16.7. The van der Waals surface area contributed by atoms with Crippen LogP contribution in [0.2, 0.25) is 0 Å². The molecule has 1 fully saturated rings. The quantitative estimate of drug-likeness (QED) is 0.840. The van der Waals surface area contributed by atoms with Crippen molar-refractivity contribution in [3.8, 4) is 5.69 Å². The van der Waals surface area contributed by atoms with Crippen LogP contribution in [0, 0.1) is 0 Å². The topological polar surface area (TPSA) is 43.8 Å². The van der Waals surface area contributed by atoms with E-state index in [1.807, 2.05) is 30.6 Å². The Hall–Kier alpha value is -1.29. The molecule has 0 spiro atoms. The summed E-state index contributed by atoms with van der Waals surface area (Å²) in [4.78, 5) is 4.58. The first-order chi connectivity index (χ1) is 9.25. The third kappa shape index (κ3) is 2.54. The van der Waals surface area contributed by atoms with Gasteiger partial charge in [-0.05, 0) is 31.0 Å². The van der Waals surface area contributed by atoms with Gasteiger partial charge in [-0.3, -0.25) is 0 Å². The number of imidazole rings is 1. The Morgan fingerprint density at radius 3 is 2.74 bits per heavy atom. The van der Waals surface area contributed by atoms with Crippen LogP contribution >= 0.6 is 15.9 Å². The van der Waals surface area contributed by atoms with E-state index in [2.05, 4.69) is 25.5 Å². The van der Waals surface area contributed by atoms with E-state index >= 15 is 0 Å². The molecule has 3 nitrogen and oxygen atoms in total. The molecule has 1 heterocycles. The lowest BCUT2D eigenvalue weighted by atomic mass is 9.88. The van der Waals surface area contributed by atoms with E-state index in [1.54, 1.807) is 0 Å². The summed E-state index contributed by atoms with van der Waals surface area (Å²) in [6.45, 7) is 0. The van der Waals surface area contributed by atoms with E-state index in [0.29, 0.717) is 5.92 Å². The summed E-state index contributed by atoms with van der Waals surface area (Å²) in [5.41, 5.74) is 7.94. The second-order valence-corrected chi connectivity index (χ2v) is 6.11. The Bertz CT molecular complexity index is 571. The molecular formula is C15H18BrN3. The SMILES string of the molecule is Nc1cc(Br)ccc1-n1ccnc1C1CCCCC1. The predicted molar refractivity (Wildman–Crippen MR) is 81.5 cm³/mol. The van der Waals surface area contributed by atoms with Crippen LogP contribution in [-0.4, -0.2) is 9.55 Å². The molecule has 1 aromatic carbocycles. The van der Waals surface area contributed by atoms with Crippen LogP contribution in [0.1, 0.15) is 43.8 Å². The summed E-state index contributed by atoms with van der Waals surface area (Å²) in [7, 11) is 0. The number of hydrogen-bond donors (Lipinski definition) is 1. The maximum Gasteiger partial charge on any atom is 0.116 e. The van der Waals surface area contributed by atoms with Gasteiger partial charge < -0.3 is 10.3 Å². The highest BCUT2D eigenvalue weighted by Gasteiger charge is 2.21. The fourth-order valence-corrected chi connectivity index (χ4v) is 3.31. The van der Waals surface area contributed by atoms with Crippen molar-refractivity contribution in [3.63, 3.8) is 0 Å². The number of nitrogen functional groups attached to an aromatic ring is 1. The Labute approximate surface area is 122 Å². The minimum Gasteiger partial charge on any atom is -0.397 e. The lowest BCUT2D eigenvalue weighted by Gasteiger charge is -2.22. The molecule has 0 atom stereocenters. The van der Waals surface area contributed by atoms with E-state index in [1.165, 1.54) is 32.1 Å². The van der Waals surface area contributed by atoms with Crippen LogP contribution in [0.4, 0.5) is 5.69 Å². The molecule has 0 aliphatic heterocycles. The summed E-state index contributed by atoms with van der Waals surface area (Å²) in [6, 6.07) is 6.02. The molecule has 2 N–H and O–H groups in total. The van der Waals surface area contributed by atoms with E-state index in [0.717, 1.165) is 21.7 Å². The van der Waals surface area contributed by atoms with Crippen LogP contribution in [0.3, 0.4) is 0 Å². The van der Waals surface area contributed by atoms with Gasteiger partial charge >= 0.3 is 0 Å². The van der Waals surface area contributed by atoms with E-state index in [-0.39, 0.29) is 0 Å². The van der Waals surface area contributed by atoms with Gasteiger partial charge in [0.1, 0.15) is 5.82 Å². The van der Waals surface area contributed by atoms with Crippen molar-refractivity contribution in [1.29, 1.82) is 0 Å². The monoisotopic (exact) mass is 319 g/mol. The Morgan fingerprint density at radius 2 is 2.00 bits per heavy atom. The first-order valence-electron chi connectivity index (χ1n) is 6.84. The van der Waals surface area contributed by atoms with Crippen LogP contribution in [0.5, 0.6) is 0 Å². The number of halogens is 1. The first kappa shape index (κ1) is 12.7. The van der Waals surface area contributed by atoms with Crippen molar-refractivity contribution in [2.24, 2.45) is 0 Å². The molecule has 1 aliphatic rings. The molecule has 0 bridgehead atoms. The minimum absolute atomic E-state index is 0.576. The van der Waals surface area contributed by atoms with Gasteiger partial charge in [-0.25, -0.2) is 4.98 Å². The van der Waals surface area contributed by atoms with Crippen molar-refractivity contribution < 1.29 is 0 Å². The number of nitrogens with two attached hydrogens (primary N) is 1. The van der Waals surface area contributed by atoms with E-state index < -0.39 is 0 Å². The summed E-state index contributed by atoms with van der Waals surface area (Å²) in [5.74, 6) is 1.74. The zero-order valence-electron chi connectivity index (χ0n) is 10.8. The fourth-order valence-electron chi connectivity index (χ4n) is 2.93. The van der Waals surface area contributed by atoms with Crippen molar-refractivity contribution >= 4 is 21.6 Å². The highest BCUT2D eigenvalue weighted by atomic mass is 79.9. The summed E-state index contributed by atoms with van der Waals surface area (Å²) in [6.07, 6.45) is 10.4. The molecule has 1 aromatic heterocycles. The highest BCUT2D eigenvalue weighted by Crippen LogP contribution is 2.33. The van der Waals surface area contributed by atoms with Crippen LogP contribution in [0.15, 0.2) is 35.1 Å². The van der Waals surface area contributed by atoms with Crippen molar-refractivity contribution in [1.82, 2.24) is 9.55 Å². The van der Waals surface area contributed by atoms with Gasteiger partial charge in [-0.1, -0.05) is 35.2 Å². The molecule has 4 heteroatoms.